The van der Waals surface area contributed by atoms with Gasteiger partial charge in [-0.25, -0.2) is 0 Å². The largest absolute Gasteiger partial charge is 0.396 e. The summed E-state index contributed by atoms with van der Waals surface area (Å²) in [5, 5.41) is 8.44. The Morgan fingerprint density at radius 1 is 1.55 bits per heavy atom. The molecule has 1 N–H and O–H groups in total. The lowest BCUT2D eigenvalue weighted by molar-refractivity contribution is -0.119. The topological polar surface area (TPSA) is 37.3 Å². The van der Waals surface area contributed by atoms with E-state index in [0.717, 1.165) is 12.2 Å². The molecule has 0 atom stereocenters. The van der Waals surface area contributed by atoms with E-state index in [9.17, 15) is 4.79 Å². The zero-order valence-corrected chi connectivity index (χ0v) is 7.99. The number of aliphatic hydroxyl groups excluding tert-OH is 1. The SMILES string of the molecule is CC(C)C(=O)CSCCCO. The van der Waals surface area contributed by atoms with Crippen LogP contribution in [0.4, 0.5) is 0 Å². The van der Waals surface area contributed by atoms with E-state index < -0.39 is 0 Å². The van der Waals surface area contributed by atoms with E-state index >= 15 is 0 Å². The first-order chi connectivity index (χ1) is 5.18. The molecule has 0 heterocycles. The Balaban J connectivity index is 3.18. The fourth-order valence-corrected chi connectivity index (χ4v) is 1.52. The minimum Gasteiger partial charge on any atom is -0.396 e. The second-order valence-corrected chi connectivity index (χ2v) is 3.86. The van der Waals surface area contributed by atoms with Crippen LogP contribution in [0.5, 0.6) is 0 Å². The number of hydrogen-bond donors (Lipinski definition) is 1. The number of hydrogen-bond acceptors (Lipinski definition) is 3. The molecule has 0 radical (unpaired) electrons. The van der Waals surface area contributed by atoms with E-state index in [1.807, 2.05) is 13.8 Å². The summed E-state index contributed by atoms with van der Waals surface area (Å²) < 4.78 is 0. The van der Waals surface area contributed by atoms with Crippen LogP contribution < -0.4 is 0 Å². The van der Waals surface area contributed by atoms with E-state index in [1.165, 1.54) is 0 Å². The molecule has 0 aliphatic rings. The van der Waals surface area contributed by atoms with Gasteiger partial charge in [-0.3, -0.25) is 4.79 Å². The van der Waals surface area contributed by atoms with Crippen LogP contribution in [0.1, 0.15) is 20.3 Å². The molecule has 0 aromatic carbocycles. The summed E-state index contributed by atoms with van der Waals surface area (Å²) in [6.07, 6.45) is 0.788. The minimum absolute atomic E-state index is 0.150. The highest BCUT2D eigenvalue weighted by atomic mass is 32.2. The third kappa shape index (κ3) is 6.38. The van der Waals surface area contributed by atoms with Gasteiger partial charge in [0.25, 0.3) is 0 Å². The zero-order chi connectivity index (χ0) is 8.69. The molecule has 0 bridgehead atoms. The second-order valence-electron chi connectivity index (χ2n) is 2.75. The average molecular weight is 176 g/mol. The maximum absolute atomic E-state index is 11.0. The first-order valence-corrected chi connectivity index (χ1v) is 5.05. The molecular weight excluding hydrogens is 160 g/mol. The predicted molar refractivity (Wildman–Crippen MR) is 48.9 cm³/mol. The van der Waals surface area contributed by atoms with Crippen LogP contribution in [0, 0.1) is 5.92 Å². The molecule has 0 fully saturated rings. The van der Waals surface area contributed by atoms with Crippen LogP contribution in [0.15, 0.2) is 0 Å². The third-order valence-electron chi connectivity index (χ3n) is 1.34. The van der Waals surface area contributed by atoms with E-state index in [1.54, 1.807) is 11.8 Å². The van der Waals surface area contributed by atoms with Gasteiger partial charge in [0.05, 0.1) is 5.75 Å². The van der Waals surface area contributed by atoms with Crippen LogP contribution in [-0.2, 0) is 4.79 Å². The first kappa shape index (κ1) is 11.0. The first-order valence-electron chi connectivity index (χ1n) is 3.89. The van der Waals surface area contributed by atoms with Crippen molar-refractivity contribution in [3.05, 3.63) is 0 Å². The van der Waals surface area contributed by atoms with Crippen molar-refractivity contribution in [3.63, 3.8) is 0 Å². The van der Waals surface area contributed by atoms with Crippen molar-refractivity contribution < 1.29 is 9.90 Å². The van der Waals surface area contributed by atoms with Crippen LogP contribution in [0.3, 0.4) is 0 Å². The summed E-state index contributed by atoms with van der Waals surface area (Å²) in [5.41, 5.74) is 0. The molecule has 0 spiro atoms. The van der Waals surface area contributed by atoms with Gasteiger partial charge in [0, 0.05) is 12.5 Å². The average Bonchev–Trinajstić information content (AvgIpc) is 1.97. The van der Waals surface area contributed by atoms with Crippen molar-refractivity contribution in [2.45, 2.75) is 20.3 Å². The van der Waals surface area contributed by atoms with Crippen molar-refractivity contribution in [3.8, 4) is 0 Å². The molecule has 0 aromatic rings. The van der Waals surface area contributed by atoms with Crippen LogP contribution in [-0.4, -0.2) is 29.0 Å². The number of thioether (sulfide) groups is 1. The summed E-state index contributed by atoms with van der Waals surface area (Å²) in [4.78, 5) is 11.0. The highest BCUT2D eigenvalue weighted by Crippen LogP contribution is 2.06. The summed E-state index contributed by atoms with van der Waals surface area (Å²) in [7, 11) is 0. The van der Waals surface area contributed by atoms with Gasteiger partial charge < -0.3 is 5.11 Å². The van der Waals surface area contributed by atoms with E-state index in [-0.39, 0.29) is 12.5 Å². The minimum atomic E-state index is 0.150. The van der Waals surface area contributed by atoms with Crippen molar-refractivity contribution in [1.82, 2.24) is 0 Å². The van der Waals surface area contributed by atoms with Crippen molar-refractivity contribution in [2.24, 2.45) is 5.92 Å². The number of carbonyl (C=O) groups excluding carboxylic acids is 1. The summed E-state index contributed by atoms with van der Waals surface area (Å²) in [6.45, 7) is 4.05. The molecule has 0 unspecified atom stereocenters. The molecule has 11 heavy (non-hydrogen) atoms. The Labute approximate surface area is 72.4 Å². The smallest absolute Gasteiger partial charge is 0.145 e. The van der Waals surface area contributed by atoms with Gasteiger partial charge in [-0.1, -0.05) is 13.8 Å². The fourth-order valence-electron chi connectivity index (χ4n) is 0.506. The van der Waals surface area contributed by atoms with Gasteiger partial charge >= 0.3 is 0 Å². The molecular formula is C8H16O2S. The molecule has 0 rings (SSSR count). The van der Waals surface area contributed by atoms with Crippen LogP contribution >= 0.6 is 11.8 Å². The van der Waals surface area contributed by atoms with Crippen molar-refractivity contribution >= 4 is 17.5 Å². The van der Waals surface area contributed by atoms with Crippen LogP contribution in [0.2, 0.25) is 0 Å². The Morgan fingerprint density at radius 3 is 2.64 bits per heavy atom. The van der Waals surface area contributed by atoms with Gasteiger partial charge in [-0.2, -0.15) is 11.8 Å². The van der Waals surface area contributed by atoms with Crippen molar-refractivity contribution in [2.75, 3.05) is 18.1 Å². The molecule has 0 aliphatic heterocycles. The van der Waals surface area contributed by atoms with E-state index in [2.05, 4.69) is 0 Å². The highest BCUT2D eigenvalue weighted by Gasteiger charge is 2.05. The Hall–Kier alpha value is -0.0200. The van der Waals surface area contributed by atoms with Gasteiger partial charge in [-0.15, -0.1) is 0 Å². The number of rotatable bonds is 6. The number of Topliss-reactive ketones (excluding diaryl/α,β-unsaturated/α-hetero) is 1. The Kier molecular flexibility index (Phi) is 6.66. The normalized spacial score (nSPS) is 10.5. The van der Waals surface area contributed by atoms with Crippen LogP contribution in [0.25, 0.3) is 0 Å². The van der Waals surface area contributed by atoms with E-state index in [0.29, 0.717) is 11.5 Å². The number of carbonyl (C=O) groups is 1. The fraction of sp³-hybridized carbons (Fsp3) is 0.875. The predicted octanol–water partition coefficient (Wildman–Crippen LogP) is 1.33. The lowest BCUT2D eigenvalue weighted by Crippen LogP contribution is -2.09. The van der Waals surface area contributed by atoms with Gasteiger partial charge in [0.15, 0.2) is 0 Å². The van der Waals surface area contributed by atoms with Gasteiger partial charge in [-0.05, 0) is 12.2 Å². The third-order valence-corrected chi connectivity index (χ3v) is 2.40. The Bertz CT molecular complexity index is 113. The molecule has 3 heteroatoms. The Morgan fingerprint density at radius 2 is 2.18 bits per heavy atom. The molecule has 0 aliphatic carbocycles. The summed E-state index contributed by atoms with van der Waals surface area (Å²) >= 11 is 1.60. The quantitative estimate of drug-likeness (QED) is 0.620. The molecule has 0 aromatic heterocycles. The molecule has 0 amide bonds. The molecule has 66 valence electrons. The van der Waals surface area contributed by atoms with Crippen molar-refractivity contribution in [1.29, 1.82) is 0 Å². The standard InChI is InChI=1S/C8H16O2S/c1-7(2)8(10)6-11-5-3-4-9/h7,9H,3-6H2,1-2H3. The molecule has 0 saturated heterocycles. The van der Waals surface area contributed by atoms with E-state index in [4.69, 9.17) is 5.11 Å². The lowest BCUT2D eigenvalue weighted by Gasteiger charge is -2.02. The molecule has 0 saturated carbocycles. The maximum Gasteiger partial charge on any atom is 0.145 e. The second kappa shape index (κ2) is 6.68. The lowest BCUT2D eigenvalue weighted by atomic mass is 10.1. The maximum atomic E-state index is 11.0. The zero-order valence-electron chi connectivity index (χ0n) is 7.17. The van der Waals surface area contributed by atoms with Gasteiger partial charge in [0.2, 0.25) is 0 Å². The summed E-state index contributed by atoms with van der Waals surface area (Å²) in [6, 6.07) is 0. The molecule has 2 nitrogen and oxygen atoms in total. The number of aliphatic hydroxyl groups is 1. The number of ketones is 1. The monoisotopic (exact) mass is 176 g/mol. The highest BCUT2D eigenvalue weighted by molar-refractivity contribution is 7.99. The summed E-state index contributed by atoms with van der Waals surface area (Å²) in [5.74, 6) is 1.93. The van der Waals surface area contributed by atoms with Gasteiger partial charge in [0.1, 0.15) is 5.78 Å².